The summed E-state index contributed by atoms with van der Waals surface area (Å²) in [5.41, 5.74) is 0.662. The number of carbonyl (C=O) groups excluding carboxylic acids is 2. The molecule has 1 rings (SSSR count). The molecule has 24 heavy (non-hydrogen) atoms. The molecule has 1 N–H and O–H groups in total. The van der Waals surface area contributed by atoms with Crippen LogP contribution in [0.4, 0.5) is 0 Å². The van der Waals surface area contributed by atoms with Crippen molar-refractivity contribution in [1.29, 1.82) is 0 Å². The molecule has 0 aliphatic rings. The Labute approximate surface area is 153 Å². The second kappa shape index (κ2) is 10.6. The lowest BCUT2D eigenvalue weighted by molar-refractivity contribution is -0.152. The minimum Gasteiger partial charge on any atom is -0.457 e. The van der Waals surface area contributed by atoms with Gasteiger partial charge in [-0.3, -0.25) is 9.59 Å². The summed E-state index contributed by atoms with van der Waals surface area (Å²) in [6.07, 6.45) is 2.30. The fraction of sp³-hybridized carbons (Fsp3) is 0.556. The van der Waals surface area contributed by atoms with E-state index >= 15 is 0 Å². The second-order valence-corrected chi connectivity index (χ2v) is 6.90. The van der Waals surface area contributed by atoms with Crippen LogP contribution in [0.2, 0.25) is 10.0 Å². The molecule has 0 aliphatic carbocycles. The van der Waals surface area contributed by atoms with Gasteiger partial charge < -0.3 is 10.1 Å². The first kappa shape index (κ1) is 20.8. The minimum absolute atomic E-state index is 0.0363. The summed E-state index contributed by atoms with van der Waals surface area (Å²) in [5.74, 6) is -0.235. The zero-order valence-electron chi connectivity index (χ0n) is 14.4. The SMILES string of the molecule is CC(=O)NCCCCCC(=O)O[C@H](c1c(Cl)cccc1Cl)C(C)C. The summed E-state index contributed by atoms with van der Waals surface area (Å²) in [7, 11) is 0. The number of hydrogen-bond acceptors (Lipinski definition) is 3. The molecule has 0 fully saturated rings. The van der Waals surface area contributed by atoms with E-state index in [4.69, 9.17) is 27.9 Å². The molecule has 6 heteroatoms. The van der Waals surface area contributed by atoms with E-state index in [1.807, 2.05) is 13.8 Å². The number of hydrogen-bond donors (Lipinski definition) is 1. The first-order valence-corrected chi connectivity index (χ1v) is 8.96. The molecule has 0 aromatic heterocycles. The van der Waals surface area contributed by atoms with Crippen molar-refractivity contribution in [1.82, 2.24) is 5.32 Å². The highest BCUT2D eigenvalue weighted by Gasteiger charge is 2.25. The number of unbranched alkanes of at least 4 members (excludes halogenated alkanes) is 2. The summed E-state index contributed by atoms with van der Waals surface area (Å²) in [6, 6.07) is 5.25. The Kier molecular flexibility index (Phi) is 9.16. The first-order chi connectivity index (χ1) is 11.3. The lowest BCUT2D eigenvalue weighted by atomic mass is 9.98. The minimum atomic E-state index is -0.460. The van der Waals surface area contributed by atoms with Crippen LogP contribution >= 0.6 is 23.2 Å². The van der Waals surface area contributed by atoms with Gasteiger partial charge in [-0.15, -0.1) is 0 Å². The van der Waals surface area contributed by atoms with Crippen molar-refractivity contribution in [2.24, 2.45) is 5.92 Å². The third-order valence-electron chi connectivity index (χ3n) is 3.58. The first-order valence-electron chi connectivity index (χ1n) is 8.20. The molecule has 1 amide bonds. The Hall–Kier alpha value is -1.26. The van der Waals surface area contributed by atoms with Crippen molar-refractivity contribution >= 4 is 35.1 Å². The quantitative estimate of drug-likeness (QED) is 0.493. The fourth-order valence-electron chi connectivity index (χ4n) is 2.35. The Morgan fingerprint density at radius 1 is 1.12 bits per heavy atom. The lowest BCUT2D eigenvalue weighted by Gasteiger charge is -2.24. The van der Waals surface area contributed by atoms with Gasteiger partial charge in [-0.1, -0.05) is 49.5 Å². The van der Waals surface area contributed by atoms with Gasteiger partial charge in [-0.2, -0.15) is 0 Å². The van der Waals surface area contributed by atoms with Gasteiger partial charge in [-0.05, 0) is 30.9 Å². The largest absolute Gasteiger partial charge is 0.457 e. The average Bonchev–Trinajstić information content (AvgIpc) is 2.49. The molecule has 0 saturated heterocycles. The molecule has 0 heterocycles. The number of ether oxygens (including phenoxy) is 1. The molecule has 1 atom stereocenters. The van der Waals surface area contributed by atoms with E-state index in [0.29, 0.717) is 28.6 Å². The predicted molar refractivity (Wildman–Crippen MR) is 97.3 cm³/mol. The maximum Gasteiger partial charge on any atom is 0.306 e. The van der Waals surface area contributed by atoms with Crippen molar-refractivity contribution in [3.8, 4) is 0 Å². The number of carbonyl (C=O) groups is 2. The number of rotatable bonds is 9. The Bertz CT molecular complexity index is 541. The molecule has 0 spiro atoms. The number of nitrogens with one attached hydrogen (secondary N) is 1. The molecule has 1 aromatic rings. The van der Waals surface area contributed by atoms with Crippen LogP contribution in [0.25, 0.3) is 0 Å². The number of esters is 1. The lowest BCUT2D eigenvalue weighted by Crippen LogP contribution is -2.20. The number of amides is 1. The van der Waals surface area contributed by atoms with Gasteiger partial charge >= 0.3 is 5.97 Å². The molecule has 134 valence electrons. The van der Waals surface area contributed by atoms with E-state index in [0.717, 1.165) is 19.3 Å². The summed E-state index contributed by atoms with van der Waals surface area (Å²) in [4.78, 5) is 22.9. The van der Waals surface area contributed by atoms with Crippen molar-refractivity contribution < 1.29 is 14.3 Å². The van der Waals surface area contributed by atoms with Gasteiger partial charge in [0.05, 0.1) is 0 Å². The molecule has 4 nitrogen and oxygen atoms in total. The second-order valence-electron chi connectivity index (χ2n) is 6.08. The maximum atomic E-state index is 12.1. The zero-order valence-corrected chi connectivity index (χ0v) is 15.9. The molecular formula is C18H25Cl2NO3. The predicted octanol–water partition coefficient (Wildman–Crippen LogP) is 4.93. The van der Waals surface area contributed by atoms with Gasteiger partial charge in [0.1, 0.15) is 6.10 Å². The van der Waals surface area contributed by atoms with Crippen molar-refractivity contribution in [2.45, 2.75) is 52.6 Å². The van der Waals surface area contributed by atoms with E-state index in [-0.39, 0.29) is 17.8 Å². The van der Waals surface area contributed by atoms with E-state index in [1.54, 1.807) is 18.2 Å². The molecule has 0 aliphatic heterocycles. The molecule has 0 saturated carbocycles. The van der Waals surface area contributed by atoms with Crippen LogP contribution in [0.3, 0.4) is 0 Å². The number of benzene rings is 1. The Morgan fingerprint density at radius 2 is 1.75 bits per heavy atom. The smallest absolute Gasteiger partial charge is 0.306 e. The monoisotopic (exact) mass is 373 g/mol. The van der Waals surface area contributed by atoms with E-state index in [1.165, 1.54) is 6.92 Å². The van der Waals surface area contributed by atoms with Crippen LogP contribution in [0.5, 0.6) is 0 Å². The normalized spacial score (nSPS) is 12.1. The zero-order chi connectivity index (χ0) is 18.1. The van der Waals surface area contributed by atoms with Crippen molar-refractivity contribution in [3.63, 3.8) is 0 Å². The van der Waals surface area contributed by atoms with E-state index in [9.17, 15) is 9.59 Å². The number of halogens is 2. The van der Waals surface area contributed by atoms with Crippen LogP contribution in [0.1, 0.15) is 58.1 Å². The highest BCUT2D eigenvalue weighted by Crippen LogP contribution is 2.36. The highest BCUT2D eigenvalue weighted by atomic mass is 35.5. The molecule has 0 radical (unpaired) electrons. The molecular weight excluding hydrogens is 349 g/mol. The summed E-state index contributed by atoms with van der Waals surface area (Å²) in [6.45, 7) is 6.05. The molecule has 1 aromatic carbocycles. The fourth-order valence-corrected chi connectivity index (χ4v) is 2.96. The van der Waals surface area contributed by atoms with Crippen LogP contribution in [-0.4, -0.2) is 18.4 Å². The van der Waals surface area contributed by atoms with E-state index < -0.39 is 6.10 Å². The Morgan fingerprint density at radius 3 is 2.29 bits per heavy atom. The molecule has 0 unspecified atom stereocenters. The van der Waals surface area contributed by atoms with Crippen molar-refractivity contribution in [2.75, 3.05) is 6.54 Å². The van der Waals surface area contributed by atoms with E-state index in [2.05, 4.69) is 5.32 Å². The standard InChI is InChI=1S/C18H25Cl2NO3/c1-12(2)18(17-14(19)8-7-9-15(17)20)24-16(23)10-5-4-6-11-21-13(3)22/h7-9,12,18H,4-6,10-11H2,1-3H3,(H,21,22)/t18-/m0/s1. The average molecular weight is 374 g/mol. The summed E-state index contributed by atoms with van der Waals surface area (Å²) in [5, 5.41) is 3.74. The van der Waals surface area contributed by atoms with Crippen LogP contribution < -0.4 is 5.32 Å². The van der Waals surface area contributed by atoms with Crippen molar-refractivity contribution in [3.05, 3.63) is 33.8 Å². The van der Waals surface area contributed by atoms with Gasteiger partial charge in [0.15, 0.2) is 0 Å². The summed E-state index contributed by atoms with van der Waals surface area (Å²) >= 11 is 12.5. The van der Waals surface area contributed by atoms with Gasteiger partial charge in [0.25, 0.3) is 0 Å². The molecule has 0 bridgehead atoms. The third-order valence-corrected chi connectivity index (χ3v) is 4.24. The maximum absolute atomic E-state index is 12.1. The summed E-state index contributed by atoms with van der Waals surface area (Å²) < 4.78 is 5.63. The van der Waals surface area contributed by atoms with Gasteiger partial charge in [0, 0.05) is 35.5 Å². The Balaban J connectivity index is 2.51. The highest BCUT2D eigenvalue weighted by molar-refractivity contribution is 6.36. The van der Waals surface area contributed by atoms with Gasteiger partial charge in [-0.25, -0.2) is 0 Å². The third kappa shape index (κ3) is 7.10. The van der Waals surface area contributed by atoms with Crippen LogP contribution in [0, 0.1) is 5.92 Å². The van der Waals surface area contributed by atoms with Crippen LogP contribution in [0.15, 0.2) is 18.2 Å². The van der Waals surface area contributed by atoms with Gasteiger partial charge in [0.2, 0.25) is 5.91 Å². The van der Waals surface area contributed by atoms with Crippen LogP contribution in [-0.2, 0) is 14.3 Å². The topological polar surface area (TPSA) is 55.4 Å².